The van der Waals surface area contributed by atoms with Crippen LogP contribution in [-0.4, -0.2) is 13.2 Å². The van der Waals surface area contributed by atoms with Gasteiger partial charge in [0.05, 0.1) is 19.0 Å². The van der Waals surface area contributed by atoms with E-state index in [4.69, 9.17) is 9.47 Å². The first-order valence-corrected chi connectivity index (χ1v) is 9.96. The van der Waals surface area contributed by atoms with Gasteiger partial charge in [0.25, 0.3) is 0 Å². The minimum Gasteiger partial charge on any atom is -0.498 e. The molecule has 0 fully saturated rings. The zero-order chi connectivity index (χ0) is 18.8. The van der Waals surface area contributed by atoms with Crippen molar-refractivity contribution < 1.29 is 9.47 Å². The minimum atomic E-state index is 0.677. The molecule has 0 aromatic heterocycles. The van der Waals surface area contributed by atoms with Crippen molar-refractivity contribution in [2.24, 2.45) is 11.8 Å². The number of benzene rings is 1. The summed E-state index contributed by atoms with van der Waals surface area (Å²) >= 11 is 0. The number of hydrogen-bond acceptors (Lipinski definition) is 2. The van der Waals surface area contributed by atoms with Gasteiger partial charge in [-0.1, -0.05) is 58.1 Å². The topological polar surface area (TPSA) is 18.5 Å². The van der Waals surface area contributed by atoms with Gasteiger partial charge < -0.3 is 9.47 Å². The Labute approximate surface area is 159 Å². The van der Waals surface area contributed by atoms with Crippen molar-refractivity contribution in [3.8, 4) is 5.75 Å². The highest BCUT2D eigenvalue weighted by Crippen LogP contribution is 2.22. The van der Waals surface area contributed by atoms with Crippen molar-refractivity contribution in [2.45, 2.75) is 53.4 Å². The molecule has 0 aliphatic heterocycles. The van der Waals surface area contributed by atoms with Crippen molar-refractivity contribution >= 4 is 6.08 Å². The SMILES string of the molecule is CC(C)CCOC1=CC=C(/C=C/c2ccc(OCCC(C)C)cc2)CC1. The van der Waals surface area contributed by atoms with Crippen LogP contribution < -0.4 is 4.74 Å². The molecule has 0 bridgehead atoms. The van der Waals surface area contributed by atoms with Gasteiger partial charge in [-0.05, 0) is 60.4 Å². The van der Waals surface area contributed by atoms with E-state index >= 15 is 0 Å². The molecule has 2 nitrogen and oxygen atoms in total. The van der Waals surface area contributed by atoms with E-state index in [0.29, 0.717) is 11.8 Å². The van der Waals surface area contributed by atoms with Crippen LogP contribution in [0, 0.1) is 11.8 Å². The van der Waals surface area contributed by atoms with Gasteiger partial charge in [0.1, 0.15) is 5.75 Å². The van der Waals surface area contributed by atoms with E-state index < -0.39 is 0 Å². The summed E-state index contributed by atoms with van der Waals surface area (Å²) in [4.78, 5) is 0. The highest BCUT2D eigenvalue weighted by molar-refractivity contribution is 5.54. The Balaban J connectivity index is 1.80. The zero-order valence-electron chi connectivity index (χ0n) is 16.8. The van der Waals surface area contributed by atoms with E-state index in [0.717, 1.165) is 50.4 Å². The minimum absolute atomic E-state index is 0.677. The monoisotopic (exact) mass is 354 g/mol. The first-order chi connectivity index (χ1) is 12.5. The summed E-state index contributed by atoms with van der Waals surface area (Å²) in [6.45, 7) is 10.5. The maximum absolute atomic E-state index is 5.84. The fraction of sp³-hybridized carbons (Fsp3) is 0.500. The molecule has 0 amide bonds. The summed E-state index contributed by atoms with van der Waals surface area (Å²) in [7, 11) is 0. The second kappa shape index (κ2) is 10.9. The van der Waals surface area contributed by atoms with E-state index in [-0.39, 0.29) is 0 Å². The number of ether oxygens (including phenoxy) is 2. The summed E-state index contributed by atoms with van der Waals surface area (Å²) in [5.74, 6) is 3.44. The second-order valence-corrected chi connectivity index (χ2v) is 7.84. The Bertz CT molecular complexity index is 618. The molecule has 0 spiro atoms. The molecule has 0 N–H and O–H groups in total. The van der Waals surface area contributed by atoms with Gasteiger partial charge in [-0.25, -0.2) is 0 Å². The Hall–Kier alpha value is -1.96. The quantitative estimate of drug-likeness (QED) is 0.460. The fourth-order valence-electron chi connectivity index (χ4n) is 2.61. The summed E-state index contributed by atoms with van der Waals surface area (Å²) in [5.41, 5.74) is 2.54. The summed E-state index contributed by atoms with van der Waals surface area (Å²) in [5, 5.41) is 0. The van der Waals surface area contributed by atoms with Gasteiger partial charge in [-0.2, -0.15) is 0 Å². The average molecular weight is 355 g/mol. The smallest absolute Gasteiger partial charge is 0.119 e. The Kier molecular flexibility index (Phi) is 8.53. The van der Waals surface area contributed by atoms with Gasteiger partial charge in [0.15, 0.2) is 0 Å². The van der Waals surface area contributed by atoms with Gasteiger partial charge >= 0.3 is 0 Å². The summed E-state index contributed by atoms with van der Waals surface area (Å²) < 4.78 is 11.6. The molecule has 0 unspecified atom stereocenters. The average Bonchev–Trinajstić information content (AvgIpc) is 2.61. The highest BCUT2D eigenvalue weighted by atomic mass is 16.5. The lowest BCUT2D eigenvalue weighted by atomic mass is 10.0. The van der Waals surface area contributed by atoms with Gasteiger partial charge in [-0.3, -0.25) is 0 Å². The third kappa shape index (κ3) is 7.95. The van der Waals surface area contributed by atoms with Crippen LogP contribution in [0.4, 0.5) is 0 Å². The lowest BCUT2D eigenvalue weighted by Crippen LogP contribution is -2.01. The molecule has 0 atom stereocenters. The predicted molar refractivity (Wildman–Crippen MR) is 111 cm³/mol. The molecule has 1 aromatic carbocycles. The maximum Gasteiger partial charge on any atom is 0.119 e. The van der Waals surface area contributed by atoms with Crippen molar-refractivity contribution in [3.05, 3.63) is 59.4 Å². The van der Waals surface area contributed by atoms with Crippen molar-refractivity contribution in [1.82, 2.24) is 0 Å². The standard InChI is InChI=1S/C24H34O2/c1-19(2)15-17-25-23-11-7-21(8-12-23)5-6-22-9-13-24(14-10-22)26-18-16-20(3)4/h5-9,11-13,19-20H,10,14-18H2,1-4H3/b6-5+. The lowest BCUT2D eigenvalue weighted by molar-refractivity contribution is 0.186. The molecule has 1 aliphatic carbocycles. The molecule has 2 rings (SSSR count). The van der Waals surface area contributed by atoms with E-state index in [1.165, 1.54) is 11.1 Å². The molecule has 26 heavy (non-hydrogen) atoms. The van der Waals surface area contributed by atoms with Crippen LogP contribution in [0.25, 0.3) is 6.08 Å². The van der Waals surface area contributed by atoms with Gasteiger partial charge in [-0.15, -0.1) is 0 Å². The van der Waals surface area contributed by atoms with Gasteiger partial charge in [0, 0.05) is 6.42 Å². The van der Waals surface area contributed by atoms with Crippen molar-refractivity contribution in [2.75, 3.05) is 13.2 Å². The third-order valence-corrected chi connectivity index (χ3v) is 4.46. The molecule has 2 heteroatoms. The van der Waals surface area contributed by atoms with Gasteiger partial charge in [0.2, 0.25) is 0 Å². The summed E-state index contributed by atoms with van der Waals surface area (Å²) in [6, 6.07) is 8.33. The zero-order valence-corrected chi connectivity index (χ0v) is 16.8. The molecule has 142 valence electrons. The molecule has 1 aromatic rings. The first kappa shape index (κ1) is 20.4. The first-order valence-electron chi connectivity index (χ1n) is 9.96. The van der Waals surface area contributed by atoms with Crippen LogP contribution in [-0.2, 0) is 4.74 Å². The Morgan fingerprint density at radius 3 is 2.04 bits per heavy atom. The fourth-order valence-corrected chi connectivity index (χ4v) is 2.61. The van der Waals surface area contributed by atoms with Crippen LogP contribution in [0.2, 0.25) is 0 Å². The highest BCUT2D eigenvalue weighted by Gasteiger charge is 2.06. The van der Waals surface area contributed by atoms with Crippen LogP contribution in [0.3, 0.4) is 0 Å². The lowest BCUT2D eigenvalue weighted by Gasteiger charge is -2.15. The van der Waals surface area contributed by atoms with Crippen LogP contribution in [0.5, 0.6) is 5.75 Å². The number of rotatable bonds is 10. The molecule has 1 aliphatic rings. The normalized spacial score (nSPS) is 14.7. The van der Waals surface area contributed by atoms with E-state index in [9.17, 15) is 0 Å². The van der Waals surface area contributed by atoms with E-state index in [1.807, 2.05) is 0 Å². The van der Waals surface area contributed by atoms with Crippen LogP contribution in [0.1, 0.15) is 58.9 Å². The maximum atomic E-state index is 5.84. The van der Waals surface area contributed by atoms with Crippen molar-refractivity contribution in [1.29, 1.82) is 0 Å². The Morgan fingerprint density at radius 1 is 0.808 bits per heavy atom. The third-order valence-electron chi connectivity index (χ3n) is 4.46. The molecule has 0 saturated carbocycles. The molecular formula is C24H34O2. The largest absolute Gasteiger partial charge is 0.498 e. The second-order valence-electron chi connectivity index (χ2n) is 7.84. The molecule has 0 radical (unpaired) electrons. The number of allylic oxidation sites excluding steroid dienone is 5. The van der Waals surface area contributed by atoms with E-state index in [2.05, 4.69) is 76.3 Å². The van der Waals surface area contributed by atoms with Crippen LogP contribution >= 0.6 is 0 Å². The van der Waals surface area contributed by atoms with E-state index in [1.54, 1.807) is 0 Å². The Morgan fingerprint density at radius 2 is 1.46 bits per heavy atom. The summed E-state index contributed by atoms with van der Waals surface area (Å²) in [6.07, 6.45) is 12.9. The molecule has 0 saturated heterocycles. The predicted octanol–water partition coefficient (Wildman–Crippen LogP) is 6.79. The molecular weight excluding hydrogens is 320 g/mol. The molecule has 0 heterocycles. The van der Waals surface area contributed by atoms with Crippen molar-refractivity contribution in [3.63, 3.8) is 0 Å². The number of hydrogen-bond donors (Lipinski definition) is 0. The van der Waals surface area contributed by atoms with Crippen LogP contribution in [0.15, 0.2) is 53.8 Å².